The Morgan fingerprint density at radius 2 is 1.53 bits per heavy atom. The summed E-state index contributed by atoms with van der Waals surface area (Å²) in [5.41, 5.74) is 0. The first-order valence-electron chi connectivity index (χ1n) is 13.7. The molecule has 2 fully saturated rings. The lowest BCUT2D eigenvalue weighted by Gasteiger charge is -2.41. The molecule has 2 aliphatic rings. The van der Waals surface area contributed by atoms with Crippen LogP contribution in [0.4, 0.5) is 0 Å². The highest BCUT2D eigenvalue weighted by Gasteiger charge is 2.54. The van der Waals surface area contributed by atoms with Crippen molar-refractivity contribution in [1.82, 2.24) is 5.32 Å². The van der Waals surface area contributed by atoms with E-state index < -0.39 is 42.7 Å². The van der Waals surface area contributed by atoms with Crippen LogP contribution in [0.1, 0.15) is 98.3 Å². The van der Waals surface area contributed by atoms with Crippen molar-refractivity contribution in [2.45, 2.75) is 135 Å². The predicted molar refractivity (Wildman–Crippen MR) is 134 cm³/mol. The van der Waals surface area contributed by atoms with E-state index in [-0.39, 0.29) is 18.5 Å². The predicted octanol–water partition coefficient (Wildman–Crippen LogP) is 4.05. The largest absolute Gasteiger partial charge is 0.467 e. The number of unbranched alkanes of at least 4 members (excludes halogenated alkanes) is 8. The minimum absolute atomic E-state index is 0.211. The zero-order valence-corrected chi connectivity index (χ0v) is 22.8. The van der Waals surface area contributed by atoms with E-state index >= 15 is 0 Å². The van der Waals surface area contributed by atoms with Gasteiger partial charge >= 0.3 is 11.9 Å². The van der Waals surface area contributed by atoms with Crippen LogP contribution in [0.5, 0.6) is 0 Å². The summed E-state index contributed by atoms with van der Waals surface area (Å²) in [5, 5.41) is 2.76. The van der Waals surface area contributed by atoms with Gasteiger partial charge in [-0.05, 0) is 19.3 Å². The van der Waals surface area contributed by atoms with E-state index in [1.54, 1.807) is 6.92 Å². The summed E-state index contributed by atoms with van der Waals surface area (Å²) >= 11 is 0. The SMILES string of the molecule is COC(=O)[C@@H](C)O[C@@H]1[C@@H](NC(C)=O)[C@H]2OC[C@H](O2)[C@@H]1OC(=O)CCCCCCCCCCCC(C)C. The Labute approximate surface area is 216 Å². The van der Waals surface area contributed by atoms with Gasteiger partial charge in [-0.3, -0.25) is 9.59 Å². The lowest BCUT2D eigenvalue weighted by Crippen LogP contribution is -2.63. The number of hydrogen-bond acceptors (Lipinski definition) is 8. The van der Waals surface area contributed by atoms with Crippen LogP contribution in [0.3, 0.4) is 0 Å². The number of carbonyl (C=O) groups excluding carboxylic acids is 3. The summed E-state index contributed by atoms with van der Waals surface area (Å²) in [7, 11) is 1.27. The van der Waals surface area contributed by atoms with Gasteiger partial charge in [-0.15, -0.1) is 0 Å². The molecule has 1 N–H and O–H groups in total. The van der Waals surface area contributed by atoms with Crippen molar-refractivity contribution >= 4 is 17.8 Å². The maximum Gasteiger partial charge on any atom is 0.334 e. The number of ether oxygens (including phenoxy) is 5. The summed E-state index contributed by atoms with van der Waals surface area (Å²) in [6, 6.07) is -0.725. The van der Waals surface area contributed by atoms with E-state index in [1.807, 2.05) is 0 Å². The minimum atomic E-state index is -0.912. The van der Waals surface area contributed by atoms with Crippen molar-refractivity contribution in [2.75, 3.05) is 13.7 Å². The standard InChI is InChI=1S/C27H47NO8/c1-18(2)15-13-11-9-7-6-8-10-12-14-16-22(30)36-24-21-17-33-27(35-21)23(28-20(4)29)25(24)34-19(3)26(31)32-5/h18-19,21,23-25,27H,6-17H2,1-5H3,(H,28,29)/t19-,21+,23-,24+,25-,27+/m1/s1. The Morgan fingerprint density at radius 3 is 2.11 bits per heavy atom. The normalized spacial score (nSPS) is 26.0. The molecule has 1 amide bonds. The topological polar surface area (TPSA) is 109 Å². The molecule has 9 heteroatoms. The molecule has 2 rings (SSSR count). The smallest absolute Gasteiger partial charge is 0.334 e. The average Bonchev–Trinajstić information content (AvgIpc) is 3.27. The third-order valence-electron chi connectivity index (χ3n) is 6.77. The number of rotatable bonds is 17. The van der Waals surface area contributed by atoms with Gasteiger partial charge in [0.25, 0.3) is 0 Å². The second-order valence-corrected chi connectivity index (χ2v) is 10.4. The molecular formula is C27H47NO8. The Bertz CT molecular complexity index is 685. The Hall–Kier alpha value is -1.71. The zero-order chi connectivity index (χ0) is 26.5. The van der Waals surface area contributed by atoms with Crippen molar-refractivity contribution in [2.24, 2.45) is 5.92 Å². The molecule has 0 aromatic heterocycles. The molecular weight excluding hydrogens is 466 g/mol. The van der Waals surface area contributed by atoms with E-state index in [9.17, 15) is 14.4 Å². The summed E-state index contributed by atoms with van der Waals surface area (Å²) in [6.45, 7) is 7.69. The highest BCUT2D eigenvalue weighted by atomic mass is 16.7. The molecule has 2 bridgehead atoms. The molecule has 6 atom stereocenters. The molecule has 36 heavy (non-hydrogen) atoms. The highest BCUT2D eigenvalue weighted by molar-refractivity contribution is 5.74. The van der Waals surface area contributed by atoms with Crippen LogP contribution in [-0.4, -0.2) is 68.3 Å². The maximum atomic E-state index is 12.7. The zero-order valence-electron chi connectivity index (χ0n) is 22.8. The summed E-state index contributed by atoms with van der Waals surface area (Å²) in [5.74, 6) is -0.416. The van der Waals surface area contributed by atoms with E-state index in [4.69, 9.17) is 23.7 Å². The quantitative estimate of drug-likeness (QED) is 0.229. The molecule has 0 radical (unpaired) electrons. The van der Waals surface area contributed by atoms with E-state index in [1.165, 1.54) is 59.0 Å². The molecule has 9 nitrogen and oxygen atoms in total. The van der Waals surface area contributed by atoms with Gasteiger partial charge in [0.05, 0.1) is 13.7 Å². The summed E-state index contributed by atoms with van der Waals surface area (Å²) < 4.78 is 28.0. The van der Waals surface area contributed by atoms with Crippen molar-refractivity contribution in [1.29, 1.82) is 0 Å². The Balaban J connectivity index is 1.76. The Kier molecular flexibility index (Phi) is 13.7. The van der Waals surface area contributed by atoms with Gasteiger partial charge < -0.3 is 29.0 Å². The first-order valence-corrected chi connectivity index (χ1v) is 13.7. The van der Waals surface area contributed by atoms with Crippen LogP contribution in [0.2, 0.25) is 0 Å². The molecule has 0 spiro atoms. The van der Waals surface area contributed by atoms with Crippen LogP contribution >= 0.6 is 0 Å². The van der Waals surface area contributed by atoms with Crippen molar-refractivity contribution < 1.29 is 38.1 Å². The van der Waals surface area contributed by atoms with Gasteiger partial charge in [-0.2, -0.15) is 0 Å². The van der Waals surface area contributed by atoms with Crippen LogP contribution in [0.15, 0.2) is 0 Å². The minimum Gasteiger partial charge on any atom is -0.467 e. The highest BCUT2D eigenvalue weighted by Crippen LogP contribution is 2.33. The van der Waals surface area contributed by atoms with Crippen LogP contribution in [0, 0.1) is 5.92 Å². The molecule has 2 aliphatic heterocycles. The molecule has 2 heterocycles. The van der Waals surface area contributed by atoms with Crippen molar-refractivity contribution in [3.63, 3.8) is 0 Å². The van der Waals surface area contributed by atoms with Gasteiger partial charge in [0.2, 0.25) is 5.91 Å². The van der Waals surface area contributed by atoms with Gasteiger partial charge in [0.15, 0.2) is 18.5 Å². The number of nitrogens with one attached hydrogen (secondary N) is 1. The molecule has 2 saturated heterocycles. The fourth-order valence-corrected chi connectivity index (χ4v) is 4.79. The Morgan fingerprint density at radius 1 is 0.917 bits per heavy atom. The van der Waals surface area contributed by atoms with E-state index in [2.05, 4.69) is 19.2 Å². The second-order valence-electron chi connectivity index (χ2n) is 10.4. The number of amides is 1. The van der Waals surface area contributed by atoms with E-state index in [0.717, 1.165) is 25.2 Å². The fourth-order valence-electron chi connectivity index (χ4n) is 4.79. The number of fused-ring (bicyclic) bond motifs is 2. The number of methoxy groups -OCH3 is 1. The number of carbonyl (C=O) groups is 3. The van der Waals surface area contributed by atoms with Gasteiger partial charge in [0.1, 0.15) is 18.2 Å². The van der Waals surface area contributed by atoms with Crippen LogP contribution in [-0.2, 0) is 38.1 Å². The van der Waals surface area contributed by atoms with Crippen LogP contribution in [0.25, 0.3) is 0 Å². The third-order valence-corrected chi connectivity index (χ3v) is 6.77. The molecule has 208 valence electrons. The number of esters is 2. The van der Waals surface area contributed by atoms with Crippen molar-refractivity contribution in [3.05, 3.63) is 0 Å². The number of hydrogen-bond donors (Lipinski definition) is 1. The van der Waals surface area contributed by atoms with Crippen molar-refractivity contribution in [3.8, 4) is 0 Å². The second kappa shape index (κ2) is 16.2. The molecule has 0 aromatic carbocycles. The third kappa shape index (κ3) is 10.3. The summed E-state index contributed by atoms with van der Waals surface area (Å²) in [6.07, 6.45) is 8.36. The summed E-state index contributed by atoms with van der Waals surface area (Å²) in [4.78, 5) is 36.4. The van der Waals surface area contributed by atoms with E-state index in [0.29, 0.717) is 6.42 Å². The lowest BCUT2D eigenvalue weighted by atomic mass is 9.97. The van der Waals surface area contributed by atoms with Crippen LogP contribution < -0.4 is 5.32 Å². The first-order chi connectivity index (χ1) is 17.2. The fraction of sp³-hybridized carbons (Fsp3) is 0.889. The molecule has 0 unspecified atom stereocenters. The maximum absolute atomic E-state index is 12.7. The monoisotopic (exact) mass is 513 g/mol. The lowest BCUT2D eigenvalue weighted by molar-refractivity contribution is -0.224. The molecule has 0 saturated carbocycles. The first kappa shape index (κ1) is 30.5. The van der Waals surface area contributed by atoms with Gasteiger partial charge in [-0.1, -0.05) is 71.6 Å². The van der Waals surface area contributed by atoms with Gasteiger partial charge in [0, 0.05) is 13.3 Å². The average molecular weight is 514 g/mol. The van der Waals surface area contributed by atoms with Gasteiger partial charge in [-0.25, -0.2) is 4.79 Å². The molecule has 0 aromatic rings. The molecule has 0 aliphatic carbocycles.